The van der Waals surface area contributed by atoms with Gasteiger partial charge in [-0.1, -0.05) is 6.07 Å². The number of ether oxygens (including phenoxy) is 2. The summed E-state index contributed by atoms with van der Waals surface area (Å²) in [4.78, 5) is 8.16. The van der Waals surface area contributed by atoms with Crippen molar-refractivity contribution >= 4 is 17.3 Å². The van der Waals surface area contributed by atoms with Crippen LogP contribution in [0.25, 0.3) is 0 Å². The summed E-state index contributed by atoms with van der Waals surface area (Å²) in [5.41, 5.74) is 0. The zero-order chi connectivity index (χ0) is 16.9. The number of methoxy groups -OCH3 is 2. The Morgan fingerprint density at radius 3 is 2.74 bits per heavy atom. The topological polar surface area (TPSA) is 58.1 Å². The van der Waals surface area contributed by atoms with Gasteiger partial charge < -0.3 is 25.0 Å². The maximum absolute atomic E-state index is 5.09. The number of nitrogens with one attached hydrogen (secondary N) is 2. The standard InChI is InChI=1S/C16H30N4O2S/c1-14(15-6-5-13-23-15)19-16(18-8-11-21-3)17-7-9-20(2)10-12-22-4/h5-6,13-14H,7-12H2,1-4H3,(H2,17,18,19). The number of rotatable bonds is 11. The second kappa shape index (κ2) is 12.3. The summed E-state index contributed by atoms with van der Waals surface area (Å²) in [6.45, 7) is 6.82. The van der Waals surface area contributed by atoms with E-state index in [2.05, 4.69) is 52.0 Å². The second-order valence-electron chi connectivity index (χ2n) is 5.33. The Labute approximate surface area is 143 Å². The number of likely N-dealkylation sites (N-methyl/N-ethyl adjacent to an activating group) is 1. The molecule has 1 unspecified atom stereocenters. The third kappa shape index (κ3) is 8.90. The molecule has 1 rings (SSSR count). The molecule has 0 saturated carbocycles. The molecule has 0 radical (unpaired) electrons. The number of aliphatic imine (C=N–C) groups is 1. The molecule has 0 aliphatic carbocycles. The van der Waals surface area contributed by atoms with Gasteiger partial charge in [0.25, 0.3) is 0 Å². The normalized spacial score (nSPS) is 13.3. The highest BCUT2D eigenvalue weighted by Gasteiger charge is 2.08. The molecule has 0 bridgehead atoms. The number of thiophene rings is 1. The molecule has 1 aromatic rings. The molecule has 2 N–H and O–H groups in total. The van der Waals surface area contributed by atoms with Gasteiger partial charge in [0.05, 0.1) is 25.8 Å². The van der Waals surface area contributed by atoms with Gasteiger partial charge in [-0.25, -0.2) is 0 Å². The van der Waals surface area contributed by atoms with Crippen LogP contribution in [-0.4, -0.2) is 71.5 Å². The van der Waals surface area contributed by atoms with Gasteiger partial charge >= 0.3 is 0 Å². The fourth-order valence-corrected chi connectivity index (χ4v) is 2.66. The summed E-state index contributed by atoms with van der Waals surface area (Å²) in [5, 5.41) is 8.84. The van der Waals surface area contributed by atoms with Crippen LogP contribution >= 0.6 is 11.3 Å². The van der Waals surface area contributed by atoms with E-state index in [-0.39, 0.29) is 6.04 Å². The molecule has 6 nitrogen and oxygen atoms in total. The molecule has 7 heteroatoms. The average Bonchev–Trinajstić information content (AvgIpc) is 3.07. The first-order valence-corrected chi connectivity index (χ1v) is 8.80. The van der Waals surface area contributed by atoms with E-state index in [9.17, 15) is 0 Å². The van der Waals surface area contributed by atoms with Crippen LogP contribution in [-0.2, 0) is 9.47 Å². The minimum atomic E-state index is 0.231. The van der Waals surface area contributed by atoms with Gasteiger partial charge in [0.2, 0.25) is 0 Å². The zero-order valence-electron chi connectivity index (χ0n) is 14.7. The van der Waals surface area contributed by atoms with E-state index in [0.29, 0.717) is 6.61 Å². The third-order valence-corrected chi connectivity index (χ3v) is 4.41. The van der Waals surface area contributed by atoms with Crippen molar-refractivity contribution in [2.45, 2.75) is 13.0 Å². The fraction of sp³-hybridized carbons (Fsp3) is 0.688. The summed E-state index contributed by atoms with van der Waals surface area (Å²) in [5.74, 6) is 0.822. The van der Waals surface area contributed by atoms with Crippen molar-refractivity contribution < 1.29 is 9.47 Å². The van der Waals surface area contributed by atoms with E-state index in [1.807, 2.05) is 0 Å². The van der Waals surface area contributed by atoms with E-state index >= 15 is 0 Å². The molecule has 1 atom stereocenters. The van der Waals surface area contributed by atoms with E-state index in [1.165, 1.54) is 4.88 Å². The molecule has 0 spiro atoms. The molecule has 132 valence electrons. The largest absolute Gasteiger partial charge is 0.383 e. The lowest BCUT2D eigenvalue weighted by Gasteiger charge is -2.18. The van der Waals surface area contributed by atoms with Crippen LogP contribution in [0.1, 0.15) is 17.8 Å². The van der Waals surface area contributed by atoms with Gasteiger partial charge in [-0.2, -0.15) is 0 Å². The molecule has 0 fully saturated rings. The monoisotopic (exact) mass is 342 g/mol. The van der Waals surface area contributed by atoms with Crippen LogP contribution in [0.2, 0.25) is 0 Å². The molecule has 0 saturated heterocycles. The lowest BCUT2D eigenvalue weighted by Crippen LogP contribution is -2.40. The Morgan fingerprint density at radius 2 is 2.09 bits per heavy atom. The van der Waals surface area contributed by atoms with Crippen LogP contribution in [0.4, 0.5) is 0 Å². The van der Waals surface area contributed by atoms with Gasteiger partial charge in [0.1, 0.15) is 0 Å². The van der Waals surface area contributed by atoms with Crippen molar-refractivity contribution in [2.24, 2.45) is 4.99 Å². The Hall–Kier alpha value is -1.15. The summed E-state index contributed by atoms with van der Waals surface area (Å²) >= 11 is 1.75. The number of hydrogen-bond donors (Lipinski definition) is 2. The van der Waals surface area contributed by atoms with Crippen molar-refractivity contribution in [1.29, 1.82) is 0 Å². The lowest BCUT2D eigenvalue weighted by molar-refractivity contribution is 0.163. The summed E-state index contributed by atoms with van der Waals surface area (Å²) in [7, 11) is 5.50. The molecule has 0 aromatic carbocycles. The van der Waals surface area contributed by atoms with Gasteiger partial charge in [-0.15, -0.1) is 11.3 Å². The van der Waals surface area contributed by atoms with Crippen LogP contribution in [0.5, 0.6) is 0 Å². The number of hydrogen-bond acceptors (Lipinski definition) is 5. The molecular weight excluding hydrogens is 312 g/mol. The maximum Gasteiger partial charge on any atom is 0.191 e. The highest BCUT2D eigenvalue weighted by molar-refractivity contribution is 7.10. The third-order valence-electron chi connectivity index (χ3n) is 3.35. The van der Waals surface area contributed by atoms with Crippen LogP contribution in [0, 0.1) is 0 Å². The van der Waals surface area contributed by atoms with Crippen molar-refractivity contribution in [3.8, 4) is 0 Å². The quantitative estimate of drug-likeness (QED) is 0.363. The van der Waals surface area contributed by atoms with E-state index in [1.54, 1.807) is 25.6 Å². The molecule has 1 heterocycles. The molecule has 0 amide bonds. The number of nitrogens with zero attached hydrogens (tertiary/aromatic N) is 2. The van der Waals surface area contributed by atoms with Gasteiger partial charge in [0.15, 0.2) is 5.96 Å². The van der Waals surface area contributed by atoms with E-state index < -0.39 is 0 Å². The smallest absolute Gasteiger partial charge is 0.191 e. The van der Waals surface area contributed by atoms with Crippen LogP contribution < -0.4 is 10.6 Å². The minimum absolute atomic E-state index is 0.231. The summed E-state index contributed by atoms with van der Waals surface area (Å²) in [6, 6.07) is 4.43. The molecule has 23 heavy (non-hydrogen) atoms. The first-order valence-electron chi connectivity index (χ1n) is 7.92. The molecule has 0 aliphatic heterocycles. The SMILES string of the molecule is COCCNC(=NCCN(C)CCOC)NC(C)c1cccs1. The van der Waals surface area contributed by atoms with Crippen LogP contribution in [0.3, 0.4) is 0 Å². The predicted octanol–water partition coefficient (Wildman–Crippen LogP) is 1.57. The highest BCUT2D eigenvalue weighted by atomic mass is 32.1. The summed E-state index contributed by atoms with van der Waals surface area (Å²) < 4.78 is 10.2. The van der Waals surface area contributed by atoms with Gasteiger partial charge in [-0.3, -0.25) is 4.99 Å². The Balaban J connectivity index is 2.48. The predicted molar refractivity (Wildman–Crippen MR) is 97.4 cm³/mol. The first kappa shape index (κ1) is 19.9. The molecule has 0 aliphatic rings. The molecule has 1 aromatic heterocycles. The van der Waals surface area contributed by atoms with Crippen molar-refractivity contribution in [3.63, 3.8) is 0 Å². The second-order valence-corrected chi connectivity index (χ2v) is 6.31. The van der Waals surface area contributed by atoms with E-state index in [4.69, 9.17) is 9.47 Å². The highest BCUT2D eigenvalue weighted by Crippen LogP contribution is 2.17. The lowest BCUT2D eigenvalue weighted by atomic mass is 10.3. The minimum Gasteiger partial charge on any atom is -0.383 e. The molecular formula is C16H30N4O2S. The maximum atomic E-state index is 5.09. The van der Waals surface area contributed by atoms with Gasteiger partial charge in [0, 0.05) is 38.7 Å². The zero-order valence-corrected chi connectivity index (χ0v) is 15.5. The van der Waals surface area contributed by atoms with Crippen molar-refractivity contribution in [3.05, 3.63) is 22.4 Å². The number of guanidine groups is 1. The Bertz CT molecular complexity index is 426. The first-order chi connectivity index (χ1) is 11.2. The van der Waals surface area contributed by atoms with Crippen molar-refractivity contribution in [1.82, 2.24) is 15.5 Å². The summed E-state index contributed by atoms with van der Waals surface area (Å²) in [6.07, 6.45) is 0. The Morgan fingerprint density at radius 1 is 1.30 bits per heavy atom. The van der Waals surface area contributed by atoms with Crippen molar-refractivity contribution in [2.75, 3.05) is 60.7 Å². The van der Waals surface area contributed by atoms with Crippen LogP contribution in [0.15, 0.2) is 22.5 Å². The Kier molecular flexibility index (Phi) is 10.6. The van der Waals surface area contributed by atoms with E-state index in [0.717, 1.165) is 38.7 Å². The van der Waals surface area contributed by atoms with Gasteiger partial charge in [-0.05, 0) is 25.4 Å². The average molecular weight is 343 g/mol. The fourth-order valence-electron chi connectivity index (χ4n) is 1.93.